The van der Waals surface area contributed by atoms with E-state index in [9.17, 15) is 0 Å². The van der Waals surface area contributed by atoms with Crippen LogP contribution in [0.1, 0.15) is 0 Å². The van der Waals surface area contributed by atoms with Crippen LogP contribution < -0.4 is 0 Å². The second-order valence-electron chi connectivity index (χ2n) is 16.3. The Hall–Kier alpha value is -8.86. The van der Waals surface area contributed by atoms with Crippen LogP contribution in [0.25, 0.3) is 112 Å². The number of hydrogen-bond acceptors (Lipinski definition) is 4. The van der Waals surface area contributed by atoms with E-state index in [1.807, 2.05) is 72.8 Å². The number of nitrogens with zero attached hydrogens (tertiary/aromatic N) is 4. The zero-order valence-corrected chi connectivity index (χ0v) is 36.0. The summed E-state index contributed by atoms with van der Waals surface area (Å²) in [5, 5.41) is 0. The maximum atomic E-state index is 5.11. The van der Waals surface area contributed by atoms with Crippen LogP contribution in [0.5, 0.6) is 0 Å². The van der Waals surface area contributed by atoms with Crippen molar-refractivity contribution in [1.29, 1.82) is 0 Å². The summed E-state index contributed by atoms with van der Waals surface area (Å²) in [4.78, 5) is 20.0. The molecule has 0 aliphatic carbocycles. The molecule has 2 heterocycles. The molecule has 310 valence electrons. The predicted octanol–water partition coefficient (Wildman–Crippen LogP) is 15.9. The SMILES string of the molecule is c1ccc(-c2ccc(-c3cc(-c4ccc(-c5cc(-c6ccccc6)nc(-c6ccccc6)c5)cc4)cc(-c4ccc(-c5nc(-c6ccccc6)nc(-c6ccccc6)n5)cc4)c3)cc2)cc1. The van der Waals surface area contributed by atoms with Gasteiger partial charge in [0.15, 0.2) is 17.5 Å². The molecule has 0 saturated heterocycles. The molecule has 0 N–H and O–H groups in total. The first kappa shape index (κ1) is 40.0. The highest BCUT2D eigenvalue weighted by molar-refractivity contribution is 5.84. The van der Waals surface area contributed by atoms with Gasteiger partial charge in [-0.25, -0.2) is 19.9 Å². The molecule has 0 radical (unpaired) electrons. The van der Waals surface area contributed by atoms with Gasteiger partial charge in [-0.3, -0.25) is 0 Å². The fraction of sp³-hybridized carbons (Fsp3) is 0. The molecule has 0 aliphatic heterocycles. The van der Waals surface area contributed by atoms with Crippen molar-refractivity contribution in [1.82, 2.24) is 19.9 Å². The molecule has 0 bridgehead atoms. The second-order valence-corrected chi connectivity index (χ2v) is 16.3. The minimum absolute atomic E-state index is 0.628. The molecule has 11 rings (SSSR count). The molecule has 0 spiro atoms. The Morgan fingerprint density at radius 3 is 0.682 bits per heavy atom. The number of rotatable bonds is 10. The lowest BCUT2D eigenvalue weighted by molar-refractivity contribution is 1.07. The number of hydrogen-bond donors (Lipinski definition) is 0. The normalized spacial score (nSPS) is 11.0. The fourth-order valence-corrected chi connectivity index (χ4v) is 8.43. The highest BCUT2D eigenvalue weighted by atomic mass is 15.0. The van der Waals surface area contributed by atoms with E-state index in [0.29, 0.717) is 17.5 Å². The summed E-state index contributed by atoms with van der Waals surface area (Å²) in [6.45, 7) is 0. The summed E-state index contributed by atoms with van der Waals surface area (Å²) in [6.07, 6.45) is 0. The third kappa shape index (κ3) is 8.59. The standard InChI is InChI=1S/C62H42N4/c1-6-16-43(17-7-1)44-26-28-45(29-27-44)54-38-55(46-30-32-48(33-31-46)57-41-58(49-18-8-2-9-19-49)63-59(42-57)50-20-10-3-11-21-50)40-56(39-54)47-34-36-53(37-35-47)62-65-60(51-22-12-4-13-23-51)64-61(66-62)52-24-14-5-15-25-52/h1-42H. The van der Waals surface area contributed by atoms with Crippen molar-refractivity contribution >= 4 is 0 Å². The first-order valence-corrected chi connectivity index (χ1v) is 22.2. The van der Waals surface area contributed by atoms with Crippen molar-refractivity contribution < 1.29 is 0 Å². The van der Waals surface area contributed by atoms with Crippen molar-refractivity contribution in [2.24, 2.45) is 0 Å². The minimum Gasteiger partial charge on any atom is -0.248 e. The summed E-state index contributed by atoms with van der Waals surface area (Å²) < 4.78 is 0. The van der Waals surface area contributed by atoms with Gasteiger partial charge in [-0.1, -0.05) is 224 Å². The summed E-state index contributed by atoms with van der Waals surface area (Å²) in [7, 11) is 0. The molecule has 9 aromatic carbocycles. The van der Waals surface area contributed by atoms with Crippen LogP contribution in [0.15, 0.2) is 255 Å². The highest BCUT2D eigenvalue weighted by Gasteiger charge is 2.15. The van der Waals surface area contributed by atoms with Crippen LogP contribution in [0.4, 0.5) is 0 Å². The van der Waals surface area contributed by atoms with E-state index in [1.165, 1.54) is 11.1 Å². The quantitative estimate of drug-likeness (QED) is 0.138. The van der Waals surface area contributed by atoms with Gasteiger partial charge in [-0.2, -0.15) is 0 Å². The lowest BCUT2D eigenvalue weighted by atomic mass is 9.91. The van der Waals surface area contributed by atoms with Crippen LogP contribution in [-0.4, -0.2) is 19.9 Å². The Bertz CT molecular complexity index is 3090. The highest BCUT2D eigenvalue weighted by Crippen LogP contribution is 2.37. The van der Waals surface area contributed by atoms with Gasteiger partial charge in [0.1, 0.15) is 0 Å². The molecule has 0 amide bonds. The zero-order chi connectivity index (χ0) is 44.1. The Labute approximate surface area is 385 Å². The van der Waals surface area contributed by atoms with Gasteiger partial charge in [0.2, 0.25) is 0 Å². The maximum Gasteiger partial charge on any atom is 0.164 e. The monoisotopic (exact) mass is 842 g/mol. The van der Waals surface area contributed by atoms with Crippen molar-refractivity contribution in [3.05, 3.63) is 255 Å². The molecule has 66 heavy (non-hydrogen) atoms. The minimum atomic E-state index is 0.628. The van der Waals surface area contributed by atoms with Crippen LogP contribution in [0.3, 0.4) is 0 Å². The Balaban J connectivity index is 0.976. The third-order valence-electron chi connectivity index (χ3n) is 12.0. The van der Waals surface area contributed by atoms with E-state index in [2.05, 4.69) is 182 Å². The molecule has 0 fully saturated rings. The molecule has 0 saturated carbocycles. The van der Waals surface area contributed by atoms with Crippen molar-refractivity contribution in [2.45, 2.75) is 0 Å². The zero-order valence-electron chi connectivity index (χ0n) is 36.0. The molecule has 11 aromatic rings. The van der Waals surface area contributed by atoms with Crippen LogP contribution >= 0.6 is 0 Å². The van der Waals surface area contributed by atoms with Gasteiger partial charge in [0, 0.05) is 27.8 Å². The fourth-order valence-electron chi connectivity index (χ4n) is 8.43. The average Bonchev–Trinajstić information content (AvgIpc) is 3.42. The molecule has 0 aliphatic rings. The van der Waals surface area contributed by atoms with E-state index >= 15 is 0 Å². The van der Waals surface area contributed by atoms with E-state index in [0.717, 1.165) is 83.7 Å². The van der Waals surface area contributed by atoms with E-state index in [-0.39, 0.29) is 0 Å². The lowest BCUT2D eigenvalue weighted by Crippen LogP contribution is -2.00. The van der Waals surface area contributed by atoms with E-state index < -0.39 is 0 Å². The van der Waals surface area contributed by atoms with E-state index in [1.54, 1.807) is 0 Å². The maximum absolute atomic E-state index is 5.11. The van der Waals surface area contributed by atoms with Crippen molar-refractivity contribution in [3.8, 4) is 112 Å². The number of benzene rings is 9. The summed E-state index contributed by atoms with van der Waals surface area (Å²) in [5.41, 5.74) is 18.3. The van der Waals surface area contributed by atoms with E-state index in [4.69, 9.17) is 19.9 Å². The van der Waals surface area contributed by atoms with Crippen LogP contribution in [0, 0.1) is 0 Å². The number of pyridine rings is 1. The molecule has 2 aromatic heterocycles. The summed E-state index contributed by atoms with van der Waals surface area (Å²) >= 11 is 0. The summed E-state index contributed by atoms with van der Waals surface area (Å²) in [6, 6.07) is 89.2. The van der Waals surface area contributed by atoms with Crippen molar-refractivity contribution in [2.75, 3.05) is 0 Å². The third-order valence-corrected chi connectivity index (χ3v) is 12.0. The Morgan fingerprint density at radius 2 is 0.364 bits per heavy atom. The first-order chi connectivity index (χ1) is 32.7. The Kier molecular flexibility index (Phi) is 10.9. The summed E-state index contributed by atoms with van der Waals surface area (Å²) in [5.74, 6) is 1.91. The molecule has 4 nitrogen and oxygen atoms in total. The van der Waals surface area contributed by atoms with Gasteiger partial charge < -0.3 is 0 Å². The van der Waals surface area contributed by atoms with Crippen LogP contribution in [-0.2, 0) is 0 Å². The van der Waals surface area contributed by atoms with Gasteiger partial charge >= 0.3 is 0 Å². The van der Waals surface area contributed by atoms with Gasteiger partial charge in [0.25, 0.3) is 0 Å². The van der Waals surface area contributed by atoms with Crippen LogP contribution in [0.2, 0.25) is 0 Å². The lowest BCUT2D eigenvalue weighted by Gasteiger charge is -2.14. The topological polar surface area (TPSA) is 51.6 Å². The second kappa shape index (κ2) is 18.1. The largest absolute Gasteiger partial charge is 0.248 e. The van der Waals surface area contributed by atoms with Gasteiger partial charge in [-0.05, 0) is 86.0 Å². The molecule has 0 atom stereocenters. The smallest absolute Gasteiger partial charge is 0.164 e. The number of aromatic nitrogens is 4. The average molecular weight is 843 g/mol. The molecule has 0 unspecified atom stereocenters. The molecule has 4 heteroatoms. The molecular formula is C62H42N4. The van der Waals surface area contributed by atoms with Gasteiger partial charge in [0.05, 0.1) is 11.4 Å². The van der Waals surface area contributed by atoms with Crippen molar-refractivity contribution in [3.63, 3.8) is 0 Å². The molecular weight excluding hydrogens is 801 g/mol. The predicted molar refractivity (Wildman–Crippen MR) is 272 cm³/mol. The Morgan fingerprint density at radius 1 is 0.152 bits per heavy atom. The first-order valence-electron chi connectivity index (χ1n) is 22.2. The van der Waals surface area contributed by atoms with Gasteiger partial charge in [-0.15, -0.1) is 0 Å².